The zero-order valence-corrected chi connectivity index (χ0v) is 10.6. The molecular formula is C11H9BrF3N3. The van der Waals surface area contributed by atoms with Crippen LogP contribution in [0.4, 0.5) is 18.9 Å². The van der Waals surface area contributed by atoms with Crippen LogP contribution in [0.1, 0.15) is 11.3 Å². The Morgan fingerprint density at radius 2 is 2.06 bits per heavy atom. The lowest BCUT2D eigenvalue weighted by Gasteiger charge is -2.14. The molecule has 2 N–H and O–H groups in total. The Morgan fingerprint density at radius 3 is 2.67 bits per heavy atom. The molecule has 0 atom stereocenters. The molecule has 0 amide bonds. The molecule has 1 aromatic heterocycles. The number of nitrogens with zero attached hydrogens (tertiary/aromatic N) is 1. The SMILES string of the molecule is FC(F)(F)c1ccc(Br)cc1NCc1ccn[nH]1. The highest BCUT2D eigenvalue weighted by atomic mass is 79.9. The second-order valence-electron chi connectivity index (χ2n) is 3.62. The normalized spacial score (nSPS) is 11.6. The Kier molecular flexibility index (Phi) is 3.60. The molecule has 0 spiro atoms. The highest BCUT2D eigenvalue weighted by molar-refractivity contribution is 9.10. The van der Waals surface area contributed by atoms with Crippen LogP contribution in [-0.4, -0.2) is 10.2 Å². The van der Waals surface area contributed by atoms with Gasteiger partial charge in [-0.15, -0.1) is 0 Å². The molecule has 7 heteroatoms. The average molecular weight is 320 g/mol. The molecule has 0 unspecified atom stereocenters. The van der Waals surface area contributed by atoms with Gasteiger partial charge in [-0.25, -0.2) is 0 Å². The van der Waals surface area contributed by atoms with Crippen LogP contribution in [0, 0.1) is 0 Å². The van der Waals surface area contributed by atoms with Gasteiger partial charge in [0.15, 0.2) is 0 Å². The first-order valence-electron chi connectivity index (χ1n) is 5.05. The van der Waals surface area contributed by atoms with Crippen molar-refractivity contribution < 1.29 is 13.2 Å². The lowest BCUT2D eigenvalue weighted by atomic mass is 10.1. The number of H-pyrrole nitrogens is 1. The van der Waals surface area contributed by atoms with Gasteiger partial charge in [-0.05, 0) is 24.3 Å². The number of hydrogen-bond acceptors (Lipinski definition) is 2. The summed E-state index contributed by atoms with van der Waals surface area (Å²) in [4.78, 5) is 0. The third-order valence-electron chi connectivity index (χ3n) is 2.31. The van der Waals surface area contributed by atoms with Gasteiger partial charge in [-0.2, -0.15) is 18.3 Å². The topological polar surface area (TPSA) is 40.7 Å². The molecule has 2 rings (SSSR count). The molecule has 0 aliphatic carbocycles. The standard InChI is InChI=1S/C11H9BrF3N3/c12-7-1-2-9(11(13,14)15)10(5-7)16-6-8-3-4-17-18-8/h1-5,16H,6H2,(H,17,18). The highest BCUT2D eigenvalue weighted by Gasteiger charge is 2.33. The summed E-state index contributed by atoms with van der Waals surface area (Å²) < 4.78 is 38.9. The zero-order chi connectivity index (χ0) is 13.2. The fourth-order valence-corrected chi connectivity index (χ4v) is 1.84. The van der Waals surface area contributed by atoms with Crippen molar-refractivity contribution in [3.05, 3.63) is 46.2 Å². The van der Waals surface area contributed by atoms with E-state index in [0.29, 0.717) is 10.2 Å². The van der Waals surface area contributed by atoms with Crippen LogP contribution in [0.2, 0.25) is 0 Å². The number of aromatic amines is 1. The van der Waals surface area contributed by atoms with Crippen LogP contribution in [0.15, 0.2) is 34.9 Å². The van der Waals surface area contributed by atoms with Crippen molar-refractivity contribution >= 4 is 21.6 Å². The number of nitrogens with one attached hydrogen (secondary N) is 2. The number of benzene rings is 1. The van der Waals surface area contributed by atoms with Gasteiger partial charge in [-0.3, -0.25) is 5.10 Å². The Balaban J connectivity index is 2.23. The Labute approximate surface area is 110 Å². The first kappa shape index (κ1) is 12.9. The summed E-state index contributed by atoms with van der Waals surface area (Å²) in [6.45, 7) is 0.250. The van der Waals surface area contributed by atoms with Gasteiger partial charge in [0.1, 0.15) is 0 Å². The molecule has 1 heterocycles. The number of anilines is 1. The number of rotatable bonds is 3. The van der Waals surface area contributed by atoms with E-state index in [9.17, 15) is 13.2 Å². The summed E-state index contributed by atoms with van der Waals surface area (Å²) in [7, 11) is 0. The number of halogens is 4. The molecule has 1 aromatic carbocycles. The van der Waals surface area contributed by atoms with Crippen LogP contribution < -0.4 is 5.32 Å². The smallest absolute Gasteiger partial charge is 0.379 e. The van der Waals surface area contributed by atoms with Crippen LogP contribution in [0.5, 0.6) is 0 Å². The maximum Gasteiger partial charge on any atom is 0.418 e. The van der Waals surface area contributed by atoms with Gasteiger partial charge in [-0.1, -0.05) is 15.9 Å². The van der Waals surface area contributed by atoms with Gasteiger partial charge in [0.25, 0.3) is 0 Å². The first-order valence-corrected chi connectivity index (χ1v) is 5.85. The van der Waals surface area contributed by atoms with Crippen molar-refractivity contribution in [3.63, 3.8) is 0 Å². The summed E-state index contributed by atoms with van der Waals surface area (Å²) in [6, 6.07) is 5.50. The van der Waals surface area contributed by atoms with E-state index < -0.39 is 11.7 Å². The predicted octanol–water partition coefficient (Wildman–Crippen LogP) is 3.80. The van der Waals surface area contributed by atoms with Crippen molar-refractivity contribution in [2.24, 2.45) is 0 Å². The minimum Gasteiger partial charge on any atom is -0.379 e. The molecule has 2 aromatic rings. The van der Waals surface area contributed by atoms with Crippen LogP contribution in [0.3, 0.4) is 0 Å². The molecule has 0 radical (unpaired) electrons. The van der Waals surface area contributed by atoms with Crippen molar-refractivity contribution in [2.45, 2.75) is 12.7 Å². The Bertz CT molecular complexity index is 523. The van der Waals surface area contributed by atoms with Gasteiger partial charge in [0, 0.05) is 16.4 Å². The fourth-order valence-electron chi connectivity index (χ4n) is 1.48. The molecule has 0 saturated carbocycles. The number of aromatic nitrogens is 2. The van der Waals surface area contributed by atoms with Gasteiger partial charge in [0.05, 0.1) is 17.8 Å². The number of hydrogen-bond donors (Lipinski definition) is 2. The molecule has 0 bridgehead atoms. The van der Waals surface area contributed by atoms with Gasteiger partial charge in [0.2, 0.25) is 0 Å². The van der Waals surface area contributed by atoms with E-state index in [-0.39, 0.29) is 12.2 Å². The summed E-state index contributed by atoms with van der Waals surface area (Å²) >= 11 is 3.15. The summed E-state index contributed by atoms with van der Waals surface area (Å²) in [6.07, 6.45) is -2.83. The summed E-state index contributed by atoms with van der Waals surface area (Å²) in [5, 5.41) is 9.14. The van der Waals surface area contributed by atoms with E-state index in [1.165, 1.54) is 12.1 Å². The van der Waals surface area contributed by atoms with E-state index >= 15 is 0 Å². The molecule has 0 fully saturated rings. The quantitative estimate of drug-likeness (QED) is 0.903. The number of alkyl halides is 3. The Morgan fingerprint density at radius 1 is 1.28 bits per heavy atom. The second-order valence-corrected chi connectivity index (χ2v) is 4.54. The van der Waals surface area contributed by atoms with Crippen LogP contribution >= 0.6 is 15.9 Å². The molecule has 18 heavy (non-hydrogen) atoms. The van der Waals surface area contributed by atoms with Crippen molar-refractivity contribution in [2.75, 3.05) is 5.32 Å². The third-order valence-corrected chi connectivity index (χ3v) is 2.81. The maximum absolute atomic E-state index is 12.8. The lowest BCUT2D eigenvalue weighted by Crippen LogP contribution is -2.11. The molecule has 0 saturated heterocycles. The zero-order valence-electron chi connectivity index (χ0n) is 9.05. The summed E-state index contributed by atoms with van der Waals surface area (Å²) in [5.41, 5.74) is 0.0554. The van der Waals surface area contributed by atoms with E-state index in [4.69, 9.17) is 0 Å². The Hall–Kier alpha value is -1.50. The largest absolute Gasteiger partial charge is 0.418 e. The van der Waals surface area contributed by atoms with Gasteiger partial charge < -0.3 is 5.32 Å². The molecule has 0 aliphatic heterocycles. The van der Waals surface area contributed by atoms with Crippen molar-refractivity contribution in [3.8, 4) is 0 Å². The molecule has 96 valence electrons. The minimum absolute atomic E-state index is 0.0338. The van der Waals surface area contributed by atoms with E-state index in [1.54, 1.807) is 12.3 Å². The fraction of sp³-hybridized carbons (Fsp3) is 0.182. The van der Waals surface area contributed by atoms with E-state index in [0.717, 1.165) is 6.07 Å². The lowest BCUT2D eigenvalue weighted by molar-refractivity contribution is -0.137. The van der Waals surface area contributed by atoms with Crippen molar-refractivity contribution in [1.29, 1.82) is 0 Å². The first-order chi connectivity index (χ1) is 8.47. The highest BCUT2D eigenvalue weighted by Crippen LogP contribution is 2.36. The maximum atomic E-state index is 12.8. The average Bonchev–Trinajstić information content (AvgIpc) is 2.77. The molecule has 3 nitrogen and oxygen atoms in total. The minimum atomic E-state index is -4.38. The van der Waals surface area contributed by atoms with E-state index in [1.807, 2.05) is 0 Å². The molecular weight excluding hydrogens is 311 g/mol. The van der Waals surface area contributed by atoms with E-state index in [2.05, 4.69) is 31.4 Å². The predicted molar refractivity (Wildman–Crippen MR) is 65.1 cm³/mol. The van der Waals surface area contributed by atoms with Crippen LogP contribution in [-0.2, 0) is 12.7 Å². The van der Waals surface area contributed by atoms with Crippen LogP contribution in [0.25, 0.3) is 0 Å². The molecule has 0 aliphatic rings. The monoisotopic (exact) mass is 319 g/mol. The van der Waals surface area contributed by atoms with Crippen molar-refractivity contribution in [1.82, 2.24) is 10.2 Å². The summed E-state index contributed by atoms with van der Waals surface area (Å²) in [5.74, 6) is 0. The van der Waals surface area contributed by atoms with Gasteiger partial charge >= 0.3 is 6.18 Å². The third kappa shape index (κ3) is 3.04. The second kappa shape index (κ2) is 5.01.